The van der Waals surface area contributed by atoms with Crippen molar-refractivity contribution in [2.24, 2.45) is 0 Å². The van der Waals surface area contributed by atoms with Crippen LogP contribution in [-0.4, -0.2) is 32.9 Å². The van der Waals surface area contributed by atoms with Crippen molar-refractivity contribution >= 4 is 17.5 Å². The molecule has 0 bridgehead atoms. The zero-order valence-electron chi connectivity index (χ0n) is 9.88. The Morgan fingerprint density at radius 2 is 2.22 bits per heavy atom. The largest absolute Gasteiger partial charge is 0.481 e. The first-order chi connectivity index (χ1) is 8.59. The number of aryl methyl sites for hydroxylation is 1. The first kappa shape index (κ1) is 12.1. The molecule has 2 aromatic rings. The quantitative estimate of drug-likeness (QED) is 0.838. The van der Waals surface area contributed by atoms with E-state index in [1.165, 1.54) is 0 Å². The number of nitrogens with one attached hydrogen (secondary N) is 1. The van der Waals surface area contributed by atoms with Crippen LogP contribution in [0.2, 0.25) is 0 Å². The molecule has 2 heterocycles. The summed E-state index contributed by atoms with van der Waals surface area (Å²) >= 11 is 0. The molecule has 2 rings (SSSR count). The van der Waals surface area contributed by atoms with E-state index in [4.69, 9.17) is 5.11 Å². The molecule has 0 aromatic carbocycles. The standard InChI is InChI=1S/C12H13N3O3/c1-8-11(12(18)13-6-5-10(16)17)15-7-3-2-4-9(15)14-8/h2-4,7H,5-6H2,1H3,(H,13,18)(H,16,17). The van der Waals surface area contributed by atoms with Gasteiger partial charge in [0.15, 0.2) is 0 Å². The molecule has 0 aliphatic heterocycles. The van der Waals surface area contributed by atoms with Crippen LogP contribution in [-0.2, 0) is 4.79 Å². The molecule has 0 aliphatic carbocycles. The third-order valence-electron chi connectivity index (χ3n) is 2.54. The van der Waals surface area contributed by atoms with Crippen molar-refractivity contribution in [3.63, 3.8) is 0 Å². The second kappa shape index (κ2) is 4.87. The molecule has 6 nitrogen and oxygen atoms in total. The maximum absolute atomic E-state index is 12.0. The number of hydrogen-bond donors (Lipinski definition) is 2. The molecule has 2 aromatic heterocycles. The van der Waals surface area contributed by atoms with Crippen LogP contribution in [0, 0.1) is 6.92 Å². The van der Waals surface area contributed by atoms with Crippen molar-refractivity contribution in [2.75, 3.05) is 6.54 Å². The van der Waals surface area contributed by atoms with Crippen molar-refractivity contribution in [2.45, 2.75) is 13.3 Å². The minimum atomic E-state index is -0.940. The van der Waals surface area contributed by atoms with Gasteiger partial charge in [0.25, 0.3) is 5.91 Å². The van der Waals surface area contributed by atoms with Gasteiger partial charge in [-0.15, -0.1) is 0 Å². The number of rotatable bonds is 4. The minimum Gasteiger partial charge on any atom is -0.481 e. The van der Waals surface area contributed by atoms with Crippen LogP contribution in [0.3, 0.4) is 0 Å². The molecular formula is C12H13N3O3. The van der Waals surface area contributed by atoms with Crippen LogP contribution in [0.1, 0.15) is 22.6 Å². The van der Waals surface area contributed by atoms with E-state index in [2.05, 4.69) is 10.3 Å². The average molecular weight is 247 g/mol. The maximum atomic E-state index is 12.0. The van der Waals surface area contributed by atoms with Gasteiger partial charge in [0.1, 0.15) is 11.3 Å². The van der Waals surface area contributed by atoms with Crippen molar-refractivity contribution in [1.29, 1.82) is 0 Å². The van der Waals surface area contributed by atoms with Crippen LogP contribution in [0.4, 0.5) is 0 Å². The lowest BCUT2D eigenvalue weighted by atomic mass is 10.3. The zero-order valence-corrected chi connectivity index (χ0v) is 9.88. The van der Waals surface area contributed by atoms with E-state index in [1.54, 1.807) is 23.6 Å². The topological polar surface area (TPSA) is 83.7 Å². The van der Waals surface area contributed by atoms with Crippen molar-refractivity contribution in [1.82, 2.24) is 14.7 Å². The normalized spacial score (nSPS) is 10.5. The number of aromatic nitrogens is 2. The number of carboxylic acids is 1. The van der Waals surface area contributed by atoms with Gasteiger partial charge < -0.3 is 10.4 Å². The minimum absolute atomic E-state index is 0.0957. The molecule has 0 atom stereocenters. The second-order valence-electron chi connectivity index (χ2n) is 3.87. The number of hydrogen-bond acceptors (Lipinski definition) is 3. The molecule has 0 saturated heterocycles. The number of imidazole rings is 1. The SMILES string of the molecule is Cc1nc2ccccn2c1C(=O)NCCC(=O)O. The van der Waals surface area contributed by atoms with Crippen molar-refractivity contribution < 1.29 is 14.7 Å². The number of amides is 1. The highest BCUT2D eigenvalue weighted by Crippen LogP contribution is 2.11. The molecule has 18 heavy (non-hydrogen) atoms. The molecule has 0 spiro atoms. The van der Waals surface area contributed by atoms with Gasteiger partial charge in [-0.3, -0.25) is 14.0 Å². The summed E-state index contributed by atoms with van der Waals surface area (Å²) in [5, 5.41) is 11.1. The number of pyridine rings is 1. The van der Waals surface area contributed by atoms with E-state index in [-0.39, 0.29) is 18.9 Å². The third kappa shape index (κ3) is 2.32. The summed E-state index contributed by atoms with van der Waals surface area (Å²) in [5.74, 6) is -1.25. The first-order valence-corrected chi connectivity index (χ1v) is 5.53. The average Bonchev–Trinajstić information content (AvgIpc) is 2.64. The summed E-state index contributed by atoms with van der Waals surface area (Å²) in [6.07, 6.45) is 1.66. The number of fused-ring (bicyclic) bond motifs is 1. The van der Waals surface area contributed by atoms with E-state index in [1.807, 2.05) is 12.1 Å². The Balaban J connectivity index is 2.22. The molecular weight excluding hydrogens is 234 g/mol. The van der Waals surface area contributed by atoms with Crippen LogP contribution in [0.15, 0.2) is 24.4 Å². The van der Waals surface area contributed by atoms with Gasteiger partial charge in [-0.25, -0.2) is 4.98 Å². The van der Waals surface area contributed by atoms with Crippen molar-refractivity contribution in [3.05, 3.63) is 35.8 Å². The number of carbonyl (C=O) groups excluding carboxylic acids is 1. The third-order valence-corrected chi connectivity index (χ3v) is 2.54. The van der Waals surface area contributed by atoms with Crippen molar-refractivity contribution in [3.8, 4) is 0 Å². The Hall–Kier alpha value is -2.37. The van der Waals surface area contributed by atoms with E-state index >= 15 is 0 Å². The summed E-state index contributed by atoms with van der Waals surface area (Å²) in [5.41, 5.74) is 1.75. The molecule has 0 unspecified atom stereocenters. The fourth-order valence-electron chi connectivity index (χ4n) is 1.75. The highest BCUT2D eigenvalue weighted by atomic mass is 16.4. The molecule has 6 heteroatoms. The van der Waals surface area contributed by atoms with Gasteiger partial charge in [-0.2, -0.15) is 0 Å². The fourth-order valence-corrected chi connectivity index (χ4v) is 1.75. The fraction of sp³-hybridized carbons (Fsp3) is 0.250. The number of carboxylic acid groups (broad SMARTS) is 1. The highest BCUT2D eigenvalue weighted by molar-refractivity contribution is 5.94. The van der Waals surface area contributed by atoms with E-state index in [0.717, 1.165) is 0 Å². The van der Waals surface area contributed by atoms with Crippen LogP contribution >= 0.6 is 0 Å². The Morgan fingerprint density at radius 1 is 1.44 bits per heavy atom. The lowest BCUT2D eigenvalue weighted by Gasteiger charge is -2.04. The summed E-state index contributed by atoms with van der Waals surface area (Å²) < 4.78 is 1.69. The summed E-state index contributed by atoms with van der Waals surface area (Å²) in [4.78, 5) is 26.6. The van der Waals surface area contributed by atoms with Crippen LogP contribution in [0.25, 0.3) is 5.65 Å². The van der Waals surface area contributed by atoms with E-state index < -0.39 is 5.97 Å². The van der Waals surface area contributed by atoms with E-state index in [9.17, 15) is 9.59 Å². The van der Waals surface area contributed by atoms with Gasteiger partial charge in [-0.05, 0) is 19.1 Å². The molecule has 2 N–H and O–H groups in total. The highest BCUT2D eigenvalue weighted by Gasteiger charge is 2.15. The molecule has 0 radical (unpaired) electrons. The Kier molecular flexibility index (Phi) is 3.27. The summed E-state index contributed by atoms with van der Waals surface area (Å²) in [6.45, 7) is 1.85. The van der Waals surface area contributed by atoms with E-state index in [0.29, 0.717) is 17.0 Å². The Labute approximate surface area is 103 Å². The lowest BCUT2D eigenvalue weighted by Crippen LogP contribution is -2.27. The smallest absolute Gasteiger partial charge is 0.305 e. The van der Waals surface area contributed by atoms with Gasteiger partial charge in [0.05, 0.1) is 12.1 Å². The monoisotopic (exact) mass is 247 g/mol. The van der Waals surface area contributed by atoms with Gasteiger partial charge in [-0.1, -0.05) is 6.07 Å². The number of carbonyl (C=O) groups is 2. The van der Waals surface area contributed by atoms with Crippen LogP contribution in [0.5, 0.6) is 0 Å². The van der Waals surface area contributed by atoms with Gasteiger partial charge in [0, 0.05) is 12.7 Å². The molecule has 94 valence electrons. The Bertz CT molecular complexity index is 604. The second-order valence-corrected chi connectivity index (χ2v) is 3.87. The number of nitrogens with zero attached hydrogens (tertiary/aromatic N) is 2. The van der Waals surface area contributed by atoms with Gasteiger partial charge in [0.2, 0.25) is 0 Å². The molecule has 0 fully saturated rings. The predicted molar refractivity (Wildman–Crippen MR) is 64.5 cm³/mol. The van der Waals surface area contributed by atoms with Crippen LogP contribution < -0.4 is 5.32 Å². The maximum Gasteiger partial charge on any atom is 0.305 e. The molecule has 0 saturated carbocycles. The lowest BCUT2D eigenvalue weighted by molar-refractivity contribution is -0.136. The zero-order chi connectivity index (χ0) is 13.1. The molecule has 0 aliphatic rings. The predicted octanol–water partition coefficient (Wildman–Crippen LogP) is 0.847. The molecule has 1 amide bonds. The first-order valence-electron chi connectivity index (χ1n) is 5.53. The number of aliphatic carboxylic acids is 1. The Morgan fingerprint density at radius 3 is 2.94 bits per heavy atom. The summed E-state index contributed by atoms with van der Waals surface area (Å²) in [6, 6.07) is 5.46. The van der Waals surface area contributed by atoms with Gasteiger partial charge >= 0.3 is 5.97 Å². The summed E-state index contributed by atoms with van der Waals surface area (Å²) in [7, 11) is 0.